The molecule has 27 heavy (non-hydrogen) atoms. The van der Waals surface area contributed by atoms with Crippen LogP contribution in [0.3, 0.4) is 0 Å². The fraction of sp³-hybridized carbons (Fsp3) is 0.333. The molecule has 1 saturated heterocycles. The normalized spacial score (nSPS) is 13.3. The van der Waals surface area contributed by atoms with E-state index < -0.39 is 0 Å². The van der Waals surface area contributed by atoms with Gasteiger partial charge in [-0.15, -0.1) is 0 Å². The van der Waals surface area contributed by atoms with Crippen LogP contribution in [0.25, 0.3) is 0 Å². The van der Waals surface area contributed by atoms with Crippen LogP contribution < -0.4 is 15.4 Å². The molecule has 6 heteroatoms. The highest BCUT2D eigenvalue weighted by molar-refractivity contribution is 5.95. The van der Waals surface area contributed by atoms with Crippen molar-refractivity contribution in [2.75, 3.05) is 32.1 Å². The molecule has 0 spiro atoms. The van der Waals surface area contributed by atoms with Crippen molar-refractivity contribution in [1.29, 1.82) is 0 Å². The molecule has 0 unspecified atom stereocenters. The molecular formula is C21H25N3O3. The summed E-state index contributed by atoms with van der Waals surface area (Å²) in [7, 11) is 1.62. The van der Waals surface area contributed by atoms with Gasteiger partial charge in [-0.05, 0) is 48.7 Å². The van der Waals surface area contributed by atoms with Crippen LogP contribution in [0.4, 0.5) is 5.69 Å². The maximum atomic E-state index is 12.5. The molecule has 1 fully saturated rings. The first-order chi connectivity index (χ1) is 13.2. The largest absolute Gasteiger partial charge is 0.497 e. The van der Waals surface area contributed by atoms with E-state index in [9.17, 15) is 9.59 Å². The zero-order chi connectivity index (χ0) is 19.1. The molecule has 2 N–H and O–H groups in total. The van der Waals surface area contributed by atoms with E-state index in [0.717, 1.165) is 42.9 Å². The topological polar surface area (TPSA) is 70.7 Å². The molecule has 6 nitrogen and oxygen atoms in total. The Hall–Kier alpha value is -3.02. The fourth-order valence-corrected chi connectivity index (χ4v) is 3.05. The summed E-state index contributed by atoms with van der Waals surface area (Å²) in [5, 5.41) is 5.95. The third-order valence-electron chi connectivity index (χ3n) is 4.60. The third-order valence-corrected chi connectivity index (χ3v) is 4.60. The van der Waals surface area contributed by atoms with Crippen molar-refractivity contribution in [3.63, 3.8) is 0 Å². The van der Waals surface area contributed by atoms with E-state index in [1.54, 1.807) is 13.2 Å². The molecule has 0 saturated carbocycles. The van der Waals surface area contributed by atoms with Gasteiger partial charge in [-0.2, -0.15) is 0 Å². The fourth-order valence-electron chi connectivity index (χ4n) is 3.05. The number of rotatable bonds is 7. The predicted octanol–water partition coefficient (Wildman–Crippen LogP) is 2.66. The van der Waals surface area contributed by atoms with Gasteiger partial charge in [0.2, 0.25) is 5.91 Å². The van der Waals surface area contributed by atoms with Crippen LogP contribution in [0, 0.1) is 0 Å². The first-order valence-corrected chi connectivity index (χ1v) is 9.18. The highest BCUT2D eigenvalue weighted by atomic mass is 16.5. The summed E-state index contributed by atoms with van der Waals surface area (Å²) in [4.78, 5) is 26.4. The summed E-state index contributed by atoms with van der Waals surface area (Å²) in [6.45, 7) is 2.25. The van der Waals surface area contributed by atoms with E-state index in [-0.39, 0.29) is 18.4 Å². The minimum atomic E-state index is -0.109. The van der Waals surface area contributed by atoms with Crippen LogP contribution >= 0.6 is 0 Å². The highest BCUT2D eigenvalue weighted by Crippen LogP contribution is 2.16. The van der Waals surface area contributed by atoms with Gasteiger partial charge in [0, 0.05) is 30.9 Å². The molecule has 1 aliphatic heterocycles. The Morgan fingerprint density at radius 1 is 1.07 bits per heavy atom. The molecule has 142 valence electrons. The van der Waals surface area contributed by atoms with Gasteiger partial charge in [0.25, 0.3) is 5.91 Å². The van der Waals surface area contributed by atoms with E-state index in [4.69, 9.17) is 4.74 Å². The van der Waals surface area contributed by atoms with Crippen molar-refractivity contribution in [1.82, 2.24) is 10.2 Å². The smallest absolute Gasteiger partial charge is 0.253 e. The summed E-state index contributed by atoms with van der Waals surface area (Å²) in [6.07, 6.45) is 2.14. The lowest BCUT2D eigenvalue weighted by Gasteiger charge is -2.16. The second kappa shape index (κ2) is 9.07. The van der Waals surface area contributed by atoms with Crippen LogP contribution in [-0.4, -0.2) is 43.5 Å². The number of nitrogens with zero attached hydrogens (tertiary/aromatic N) is 1. The van der Waals surface area contributed by atoms with Gasteiger partial charge >= 0.3 is 0 Å². The number of amides is 2. The monoisotopic (exact) mass is 367 g/mol. The van der Waals surface area contributed by atoms with Crippen LogP contribution in [0.15, 0.2) is 48.5 Å². The molecule has 0 aromatic heterocycles. The lowest BCUT2D eigenvalue weighted by molar-refractivity contribution is -0.119. The maximum absolute atomic E-state index is 12.5. The van der Waals surface area contributed by atoms with Gasteiger partial charge in [-0.1, -0.05) is 18.2 Å². The Bertz CT molecular complexity index is 784. The summed E-state index contributed by atoms with van der Waals surface area (Å²) >= 11 is 0. The van der Waals surface area contributed by atoms with Crippen molar-refractivity contribution >= 4 is 17.5 Å². The molecule has 0 atom stereocenters. The Kier molecular flexibility index (Phi) is 6.30. The lowest BCUT2D eigenvalue weighted by atomic mass is 10.1. The first kappa shape index (κ1) is 18.8. The SMILES string of the molecule is COc1ccc(CNC(=O)CNc2cccc(C(=O)N3CCCC3)c2)cc1. The highest BCUT2D eigenvalue weighted by Gasteiger charge is 2.19. The molecule has 1 aliphatic rings. The van der Waals surface area contributed by atoms with E-state index in [1.807, 2.05) is 47.4 Å². The Labute approximate surface area is 159 Å². The minimum Gasteiger partial charge on any atom is -0.497 e. The van der Waals surface area contributed by atoms with Gasteiger partial charge in [0.1, 0.15) is 5.75 Å². The quantitative estimate of drug-likeness (QED) is 0.789. The number of likely N-dealkylation sites (tertiary alicyclic amines) is 1. The lowest BCUT2D eigenvalue weighted by Crippen LogP contribution is -2.29. The summed E-state index contributed by atoms with van der Waals surface area (Å²) in [6, 6.07) is 14.9. The van der Waals surface area contributed by atoms with Crippen LogP contribution in [0.5, 0.6) is 5.75 Å². The van der Waals surface area contributed by atoms with E-state index in [2.05, 4.69) is 10.6 Å². The van der Waals surface area contributed by atoms with Crippen LogP contribution in [0.2, 0.25) is 0 Å². The van der Waals surface area contributed by atoms with Gasteiger partial charge in [0.05, 0.1) is 13.7 Å². The number of hydrogen-bond acceptors (Lipinski definition) is 4. The van der Waals surface area contributed by atoms with Crippen LogP contribution in [-0.2, 0) is 11.3 Å². The number of methoxy groups -OCH3 is 1. The number of carbonyl (C=O) groups excluding carboxylic acids is 2. The summed E-state index contributed by atoms with van der Waals surface area (Å²) < 4.78 is 5.12. The number of nitrogens with one attached hydrogen (secondary N) is 2. The van der Waals surface area contributed by atoms with E-state index in [0.29, 0.717) is 12.1 Å². The second-order valence-electron chi connectivity index (χ2n) is 6.56. The minimum absolute atomic E-state index is 0.0557. The van der Waals surface area contributed by atoms with Gasteiger partial charge < -0.3 is 20.3 Å². The molecule has 1 heterocycles. The molecule has 0 radical (unpaired) electrons. The maximum Gasteiger partial charge on any atom is 0.253 e. The molecule has 0 aliphatic carbocycles. The standard InChI is InChI=1S/C21H25N3O3/c1-27-19-9-7-16(8-10-19)14-23-20(25)15-22-18-6-4-5-17(13-18)21(26)24-11-2-3-12-24/h4-10,13,22H,2-3,11-12,14-15H2,1H3,(H,23,25). The number of anilines is 1. The van der Waals surface area contributed by atoms with Crippen molar-refractivity contribution in [2.45, 2.75) is 19.4 Å². The van der Waals surface area contributed by atoms with Gasteiger partial charge in [-0.25, -0.2) is 0 Å². The van der Waals surface area contributed by atoms with Gasteiger partial charge in [-0.3, -0.25) is 9.59 Å². The molecule has 0 bridgehead atoms. The Balaban J connectivity index is 1.48. The van der Waals surface area contributed by atoms with E-state index in [1.165, 1.54) is 0 Å². The zero-order valence-corrected chi connectivity index (χ0v) is 15.5. The molecular weight excluding hydrogens is 342 g/mol. The number of benzene rings is 2. The van der Waals surface area contributed by atoms with Crippen molar-refractivity contribution in [3.05, 3.63) is 59.7 Å². The summed E-state index contributed by atoms with van der Waals surface area (Å²) in [5.41, 5.74) is 2.42. The molecule has 2 aromatic carbocycles. The van der Waals surface area contributed by atoms with Crippen LogP contribution in [0.1, 0.15) is 28.8 Å². The average Bonchev–Trinajstić information content (AvgIpc) is 3.25. The number of hydrogen-bond donors (Lipinski definition) is 2. The Morgan fingerprint density at radius 2 is 1.81 bits per heavy atom. The molecule has 2 aromatic rings. The first-order valence-electron chi connectivity index (χ1n) is 9.18. The Morgan fingerprint density at radius 3 is 2.52 bits per heavy atom. The second-order valence-corrected chi connectivity index (χ2v) is 6.56. The van der Waals surface area contributed by atoms with Crippen molar-refractivity contribution in [2.24, 2.45) is 0 Å². The summed E-state index contributed by atoms with van der Waals surface area (Å²) in [5.74, 6) is 0.734. The predicted molar refractivity (Wildman–Crippen MR) is 105 cm³/mol. The number of ether oxygens (including phenoxy) is 1. The number of carbonyl (C=O) groups is 2. The van der Waals surface area contributed by atoms with Gasteiger partial charge in [0.15, 0.2) is 0 Å². The van der Waals surface area contributed by atoms with Crippen molar-refractivity contribution in [3.8, 4) is 5.75 Å². The zero-order valence-electron chi connectivity index (χ0n) is 15.5. The molecule has 3 rings (SSSR count). The average molecular weight is 367 g/mol. The molecule has 2 amide bonds. The van der Waals surface area contributed by atoms with Crippen molar-refractivity contribution < 1.29 is 14.3 Å². The van der Waals surface area contributed by atoms with E-state index >= 15 is 0 Å². The third kappa shape index (κ3) is 5.23.